The maximum Gasteiger partial charge on any atom is 0.285 e. The van der Waals surface area contributed by atoms with E-state index in [0.717, 1.165) is 13.0 Å². The first kappa shape index (κ1) is 14.5. The molecule has 0 aliphatic carbocycles. The van der Waals surface area contributed by atoms with Crippen LogP contribution in [0.4, 0.5) is 5.82 Å². The van der Waals surface area contributed by atoms with E-state index in [1.807, 2.05) is 0 Å². The zero-order chi connectivity index (χ0) is 16.4. The Morgan fingerprint density at radius 2 is 1.83 bits per heavy atom. The molecule has 0 fully saturated rings. The molecule has 0 bridgehead atoms. The van der Waals surface area contributed by atoms with E-state index >= 15 is 0 Å². The second-order valence-electron chi connectivity index (χ2n) is 7.27. The van der Waals surface area contributed by atoms with Crippen LogP contribution in [-0.2, 0) is 6.54 Å². The number of benzene rings is 2. The third-order valence-corrected chi connectivity index (χ3v) is 6.09. The summed E-state index contributed by atoms with van der Waals surface area (Å²) in [4.78, 5) is 2.51. The summed E-state index contributed by atoms with van der Waals surface area (Å²) in [5.74, 6) is 1.38. The van der Waals surface area contributed by atoms with Crippen LogP contribution in [0.1, 0.15) is 31.4 Å². The average Bonchev–Trinajstić information content (AvgIpc) is 2.83. The molecule has 118 valence electrons. The van der Waals surface area contributed by atoms with E-state index in [-0.39, 0.29) is 5.54 Å². The predicted molar refractivity (Wildman–Crippen MR) is 98.2 cm³/mol. The molecule has 3 aromatic rings. The van der Waals surface area contributed by atoms with Crippen molar-refractivity contribution in [1.29, 1.82) is 0 Å². The zero-order valence-corrected chi connectivity index (χ0v) is 14.8. The Kier molecular flexibility index (Phi) is 2.96. The van der Waals surface area contributed by atoms with Gasteiger partial charge >= 0.3 is 0 Å². The zero-order valence-electron chi connectivity index (χ0n) is 14.8. The number of anilines is 1. The van der Waals surface area contributed by atoms with Crippen molar-refractivity contribution < 1.29 is 4.57 Å². The summed E-state index contributed by atoms with van der Waals surface area (Å²) in [5.41, 5.74) is 4.31. The highest BCUT2D eigenvalue weighted by molar-refractivity contribution is 6.10. The summed E-state index contributed by atoms with van der Waals surface area (Å²) in [6.45, 7) is 10.2. The highest BCUT2D eigenvalue weighted by atomic mass is 15.3. The molecule has 0 saturated carbocycles. The Bertz CT molecular complexity index is 942. The van der Waals surface area contributed by atoms with Crippen molar-refractivity contribution in [2.75, 3.05) is 11.9 Å². The van der Waals surface area contributed by atoms with Crippen molar-refractivity contribution in [3.63, 3.8) is 0 Å². The van der Waals surface area contributed by atoms with Crippen molar-refractivity contribution in [3.05, 3.63) is 47.5 Å². The number of aromatic nitrogens is 1. The quantitative estimate of drug-likeness (QED) is 0.474. The predicted octanol–water partition coefficient (Wildman–Crippen LogP) is 4.52. The molecule has 4 rings (SSSR count). The van der Waals surface area contributed by atoms with Gasteiger partial charge in [0.25, 0.3) is 5.82 Å². The lowest BCUT2D eigenvalue weighted by Crippen LogP contribution is -2.43. The number of hydrogen-bond acceptors (Lipinski definition) is 1. The molecule has 2 heteroatoms. The van der Waals surface area contributed by atoms with E-state index < -0.39 is 0 Å². The highest BCUT2D eigenvalue weighted by Crippen LogP contribution is 2.40. The van der Waals surface area contributed by atoms with Gasteiger partial charge in [-0.05, 0) is 44.4 Å². The molecular weight excluding hydrogens is 280 g/mol. The minimum atomic E-state index is 0.181. The Morgan fingerprint density at radius 3 is 2.57 bits per heavy atom. The number of rotatable bonds is 1. The van der Waals surface area contributed by atoms with Crippen molar-refractivity contribution in [2.24, 2.45) is 0 Å². The van der Waals surface area contributed by atoms with Crippen LogP contribution >= 0.6 is 0 Å². The standard InChI is InChI=1S/C21H25N2/c1-6-21(4)13-23-18-10-8-7-9-16(18)17-12-11-14(2)15(3)19(17)20(23)22(21)5/h7-12H,6,13H2,1-5H3/q+1. The van der Waals surface area contributed by atoms with Gasteiger partial charge in [-0.3, -0.25) is 4.90 Å². The summed E-state index contributed by atoms with van der Waals surface area (Å²) in [6, 6.07) is 13.4. The van der Waals surface area contributed by atoms with Crippen LogP contribution < -0.4 is 9.47 Å². The van der Waals surface area contributed by atoms with Crippen LogP contribution in [0.5, 0.6) is 0 Å². The van der Waals surface area contributed by atoms with E-state index in [0.29, 0.717) is 0 Å². The second-order valence-corrected chi connectivity index (χ2v) is 7.27. The van der Waals surface area contributed by atoms with E-state index in [1.54, 1.807) is 0 Å². The normalized spacial score (nSPS) is 20.5. The van der Waals surface area contributed by atoms with E-state index in [2.05, 4.69) is 80.6 Å². The summed E-state index contributed by atoms with van der Waals surface area (Å²) in [6.07, 6.45) is 1.14. The van der Waals surface area contributed by atoms with Gasteiger partial charge in [0.2, 0.25) is 0 Å². The number of fused-ring (bicyclic) bond motifs is 6. The molecule has 0 spiro atoms. The van der Waals surface area contributed by atoms with E-state index in [4.69, 9.17) is 0 Å². The summed E-state index contributed by atoms with van der Waals surface area (Å²) < 4.78 is 2.54. The molecule has 0 N–H and O–H groups in total. The van der Waals surface area contributed by atoms with Gasteiger partial charge in [-0.15, -0.1) is 0 Å². The van der Waals surface area contributed by atoms with Crippen molar-refractivity contribution in [1.82, 2.24) is 0 Å². The Morgan fingerprint density at radius 1 is 1.09 bits per heavy atom. The Balaban J connectivity index is 2.25. The lowest BCUT2D eigenvalue weighted by molar-refractivity contribution is -0.650. The number of pyridine rings is 1. The number of likely N-dealkylation sites (N-methyl/N-ethyl adjacent to an activating group) is 1. The monoisotopic (exact) mass is 305 g/mol. The van der Waals surface area contributed by atoms with Crippen LogP contribution in [0.25, 0.3) is 21.7 Å². The van der Waals surface area contributed by atoms with Crippen LogP contribution in [0.3, 0.4) is 0 Å². The van der Waals surface area contributed by atoms with Crippen LogP contribution in [-0.4, -0.2) is 12.6 Å². The number of hydrogen-bond donors (Lipinski definition) is 0. The largest absolute Gasteiger partial charge is 0.285 e. The average molecular weight is 305 g/mol. The first-order valence-electron chi connectivity index (χ1n) is 8.56. The van der Waals surface area contributed by atoms with Gasteiger partial charge in [-0.2, -0.15) is 0 Å². The van der Waals surface area contributed by atoms with Crippen molar-refractivity contribution in [3.8, 4) is 0 Å². The molecular formula is C21H25N2+. The topological polar surface area (TPSA) is 7.12 Å². The summed E-state index contributed by atoms with van der Waals surface area (Å²) in [7, 11) is 2.26. The van der Waals surface area contributed by atoms with Crippen LogP contribution in [0, 0.1) is 13.8 Å². The maximum absolute atomic E-state index is 2.54. The molecule has 0 amide bonds. The smallest absolute Gasteiger partial charge is 0.255 e. The molecule has 1 aliphatic rings. The number of para-hydroxylation sites is 1. The molecule has 2 heterocycles. The first-order valence-corrected chi connectivity index (χ1v) is 8.56. The van der Waals surface area contributed by atoms with Crippen molar-refractivity contribution in [2.45, 2.75) is 46.2 Å². The minimum Gasteiger partial charge on any atom is -0.255 e. The van der Waals surface area contributed by atoms with Gasteiger partial charge in [0.1, 0.15) is 17.6 Å². The molecule has 1 unspecified atom stereocenters. The second kappa shape index (κ2) is 4.70. The molecule has 2 aromatic carbocycles. The molecule has 1 aromatic heterocycles. The maximum atomic E-state index is 2.54. The van der Waals surface area contributed by atoms with Gasteiger partial charge in [0.15, 0.2) is 0 Å². The first-order chi connectivity index (χ1) is 11.0. The Labute approximate surface area is 138 Å². The fourth-order valence-corrected chi connectivity index (χ4v) is 4.07. The summed E-state index contributed by atoms with van der Waals surface area (Å²) >= 11 is 0. The number of aryl methyl sites for hydroxylation is 2. The molecule has 0 saturated heterocycles. The molecule has 1 atom stereocenters. The van der Waals surface area contributed by atoms with Gasteiger partial charge in [-0.25, -0.2) is 4.57 Å². The lowest BCUT2D eigenvalue weighted by Gasteiger charge is -2.24. The highest BCUT2D eigenvalue weighted by Gasteiger charge is 2.46. The SMILES string of the molecule is CCC1(C)C[n+]2c(c3c(C)c(C)ccc3c3ccccc32)N1C. The van der Waals surface area contributed by atoms with E-state index in [9.17, 15) is 0 Å². The van der Waals surface area contributed by atoms with Gasteiger partial charge in [-0.1, -0.05) is 37.3 Å². The fourth-order valence-electron chi connectivity index (χ4n) is 4.07. The lowest BCUT2D eigenvalue weighted by atomic mass is 9.97. The van der Waals surface area contributed by atoms with Crippen LogP contribution in [0.15, 0.2) is 36.4 Å². The molecule has 0 radical (unpaired) electrons. The third kappa shape index (κ3) is 1.78. The van der Waals surface area contributed by atoms with E-state index in [1.165, 1.54) is 38.6 Å². The third-order valence-electron chi connectivity index (χ3n) is 6.09. The Hall–Kier alpha value is -2.09. The number of nitrogens with zero attached hydrogens (tertiary/aromatic N) is 2. The molecule has 1 aliphatic heterocycles. The van der Waals surface area contributed by atoms with Crippen molar-refractivity contribution >= 4 is 27.5 Å². The van der Waals surface area contributed by atoms with Gasteiger partial charge < -0.3 is 0 Å². The minimum absolute atomic E-state index is 0.181. The van der Waals surface area contributed by atoms with Gasteiger partial charge in [0.05, 0.1) is 12.4 Å². The molecule has 23 heavy (non-hydrogen) atoms. The fraction of sp³-hybridized carbons (Fsp3) is 0.381. The van der Waals surface area contributed by atoms with Crippen LogP contribution in [0.2, 0.25) is 0 Å². The molecule has 2 nitrogen and oxygen atoms in total. The van der Waals surface area contributed by atoms with Gasteiger partial charge in [0, 0.05) is 10.8 Å². The summed E-state index contributed by atoms with van der Waals surface area (Å²) in [5, 5.41) is 4.16.